The van der Waals surface area contributed by atoms with Crippen LogP contribution in [0, 0.1) is 0 Å². The molecule has 0 aliphatic heterocycles. The average molecular weight is 498 g/mol. The number of alkyl carbamates (subject to hydrolysis) is 1. The summed E-state index contributed by atoms with van der Waals surface area (Å²) in [7, 11) is 0. The minimum absolute atomic E-state index is 0.0896. The van der Waals surface area contributed by atoms with Gasteiger partial charge in [0.05, 0.1) is 26.2 Å². The Morgan fingerprint density at radius 1 is 1.14 bits per heavy atom. The Morgan fingerprint density at radius 2 is 1.83 bits per heavy atom. The number of ether oxygens (including phenoxy) is 2. The van der Waals surface area contributed by atoms with Crippen molar-refractivity contribution >= 4 is 23.9 Å². The van der Waals surface area contributed by atoms with Gasteiger partial charge in [-0.25, -0.2) is 4.79 Å². The smallest absolute Gasteiger partial charge is 0.408 e. The summed E-state index contributed by atoms with van der Waals surface area (Å²) < 4.78 is 9.95. The molecule has 12 nitrogen and oxygen atoms in total. The van der Waals surface area contributed by atoms with Crippen LogP contribution in [0.15, 0.2) is 24.3 Å². The molecular formula is C23H35N3O9. The molecule has 1 rings (SSSR count). The Bertz CT molecular complexity index is 870. The highest BCUT2D eigenvalue weighted by Gasteiger charge is 2.36. The standard InChI is InChI=1S/C23H35N3O9/c1-5-34-18(30)9-10-24-20(31)19(15-7-6-8-16(29)13-15)26(11-12-27)21(32)17(14-28)25-22(33)35-23(2,3)4/h6-8,13,17,19,27-29H,5,9-12,14H2,1-4H3,(H,24,31)(H,25,33). The number of nitrogens with one attached hydrogen (secondary N) is 2. The van der Waals surface area contributed by atoms with Crippen molar-refractivity contribution in [1.29, 1.82) is 0 Å². The molecule has 0 aliphatic carbocycles. The van der Waals surface area contributed by atoms with Crippen LogP contribution >= 0.6 is 0 Å². The predicted octanol–water partition coefficient (Wildman–Crippen LogP) is 0.209. The molecule has 3 amide bonds. The van der Waals surface area contributed by atoms with Crippen LogP contribution in [0.4, 0.5) is 4.79 Å². The molecule has 0 heterocycles. The van der Waals surface area contributed by atoms with Crippen LogP contribution in [0.2, 0.25) is 0 Å². The Labute approximate surface area is 204 Å². The van der Waals surface area contributed by atoms with Crippen molar-refractivity contribution in [3.8, 4) is 5.75 Å². The van der Waals surface area contributed by atoms with E-state index >= 15 is 0 Å². The van der Waals surface area contributed by atoms with Gasteiger partial charge >= 0.3 is 12.1 Å². The number of aromatic hydroxyl groups is 1. The molecule has 0 saturated heterocycles. The van der Waals surface area contributed by atoms with Gasteiger partial charge in [0.25, 0.3) is 0 Å². The number of phenolic OH excluding ortho intramolecular Hbond substituents is 1. The predicted molar refractivity (Wildman–Crippen MR) is 124 cm³/mol. The SMILES string of the molecule is CCOC(=O)CCNC(=O)C(c1cccc(O)c1)N(CCO)C(=O)C(CO)NC(=O)OC(C)(C)C. The van der Waals surface area contributed by atoms with E-state index in [-0.39, 0.29) is 37.4 Å². The minimum Gasteiger partial charge on any atom is -0.508 e. The van der Waals surface area contributed by atoms with Gasteiger partial charge in [0.1, 0.15) is 23.4 Å². The molecule has 0 radical (unpaired) electrons. The molecule has 1 aromatic carbocycles. The number of aliphatic hydroxyl groups excluding tert-OH is 2. The summed E-state index contributed by atoms with van der Waals surface area (Å²) in [5.74, 6) is -2.28. The number of nitrogens with zero attached hydrogens (tertiary/aromatic N) is 1. The Hall–Kier alpha value is -3.38. The molecule has 12 heteroatoms. The quantitative estimate of drug-likeness (QED) is 0.253. The number of aliphatic hydroxyl groups is 2. The van der Waals surface area contributed by atoms with Crippen LogP contribution in [0.3, 0.4) is 0 Å². The number of amides is 3. The topological polar surface area (TPSA) is 175 Å². The normalized spacial score (nSPS) is 12.7. The molecule has 2 unspecified atom stereocenters. The van der Waals surface area contributed by atoms with E-state index in [2.05, 4.69) is 10.6 Å². The zero-order valence-corrected chi connectivity index (χ0v) is 20.4. The number of carbonyl (C=O) groups excluding carboxylic acids is 4. The maximum Gasteiger partial charge on any atom is 0.408 e. The Balaban J connectivity index is 3.23. The summed E-state index contributed by atoms with van der Waals surface area (Å²) in [6.07, 6.45) is -1.07. The summed E-state index contributed by atoms with van der Waals surface area (Å²) in [4.78, 5) is 51.2. The van der Waals surface area contributed by atoms with Crippen molar-refractivity contribution in [3.05, 3.63) is 29.8 Å². The lowest BCUT2D eigenvalue weighted by Gasteiger charge is -2.33. The molecular weight excluding hydrogens is 462 g/mol. The first-order valence-electron chi connectivity index (χ1n) is 11.2. The van der Waals surface area contributed by atoms with E-state index in [4.69, 9.17) is 9.47 Å². The van der Waals surface area contributed by atoms with Gasteiger partial charge in [0.15, 0.2) is 0 Å². The lowest BCUT2D eigenvalue weighted by Crippen LogP contribution is -2.55. The first-order valence-corrected chi connectivity index (χ1v) is 11.2. The van der Waals surface area contributed by atoms with Crippen LogP contribution in [0.5, 0.6) is 5.75 Å². The molecule has 0 saturated carbocycles. The van der Waals surface area contributed by atoms with E-state index in [0.29, 0.717) is 0 Å². The third-order valence-electron chi connectivity index (χ3n) is 4.48. The maximum atomic E-state index is 13.3. The largest absolute Gasteiger partial charge is 0.508 e. The van der Waals surface area contributed by atoms with Crippen LogP contribution in [0.25, 0.3) is 0 Å². The number of esters is 1. The van der Waals surface area contributed by atoms with E-state index < -0.39 is 54.8 Å². The summed E-state index contributed by atoms with van der Waals surface area (Å²) in [6, 6.07) is 2.75. The van der Waals surface area contributed by atoms with Crippen molar-refractivity contribution in [2.24, 2.45) is 0 Å². The monoisotopic (exact) mass is 497 g/mol. The first-order chi connectivity index (χ1) is 16.4. The highest BCUT2D eigenvalue weighted by molar-refractivity contribution is 5.92. The second kappa shape index (κ2) is 14.1. The zero-order chi connectivity index (χ0) is 26.6. The summed E-state index contributed by atoms with van der Waals surface area (Å²) in [5, 5.41) is 34.1. The van der Waals surface area contributed by atoms with Gasteiger partial charge in [0, 0.05) is 13.1 Å². The third kappa shape index (κ3) is 10.2. The van der Waals surface area contributed by atoms with Gasteiger partial charge in [-0.15, -0.1) is 0 Å². The number of carbonyl (C=O) groups is 4. The van der Waals surface area contributed by atoms with Crippen molar-refractivity contribution in [3.63, 3.8) is 0 Å². The summed E-state index contributed by atoms with van der Waals surface area (Å²) in [6.45, 7) is 4.93. The molecule has 0 bridgehead atoms. The van der Waals surface area contributed by atoms with Crippen molar-refractivity contribution in [1.82, 2.24) is 15.5 Å². The molecule has 0 spiro atoms. The van der Waals surface area contributed by atoms with Crippen LogP contribution in [-0.2, 0) is 23.9 Å². The third-order valence-corrected chi connectivity index (χ3v) is 4.48. The number of phenols is 1. The van der Waals surface area contributed by atoms with Gasteiger partial charge in [-0.3, -0.25) is 14.4 Å². The lowest BCUT2D eigenvalue weighted by atomic mass is 10.0. The number of hydrogen-bond acceptors (Lipinski definition) is 9. The Kier molecular flexibility index (Phi) is 12.0. The Morgan fingerprint density at radius 3 is 2.37 bits per heavy atom. The van der Waals surface area contributed by atoms with E-state index in [1.54, 1.807) is 27.7 Å². The van der Waals surface area contributed by atoms with Crippen LogP contribution in [0.1, 0.15) is 45.7 Å². The highest BCUT2D eigenvalue weighted by Crippen LogP contribution is 2.25. The van der Waals surface area contributed by atoms with Gasteiger partial charge in [-0.1, -0.05) is 12.1 Å². The van der Waals surface area contributed by atoms with E-state index in [9.17, 15) is 34.5 Å². The lowest BCUT2D eigenvalue weighted by molar-refractivity contribution is -0.145. The van der Waals surface area contributed by atoms with Crippen molar-refractivity contribution in [2.45, 2.75) is 51.8 Å². The zero-order valence-electron chi connectivity index (χ0n) is 20.4. The number of rotatable bonds is 12. The molecule has 2 atom stereocenters. The second-order valence-corrected chi connectivity index (χ2v) is 8.48. The molecule has 196 valence electrons. The number of hydrogen-bond donors (Lipinski definition) is 5. The van der Waals surface area contributed by atoms with E-state index in [1.807, 2.05) is 0 Å². The van der Waals surface area contributed by atoms with Crippen LogP contribution in [-0.4, -0.2) is 88.6 Å². The fourth-order valence-electron chi connectivity index (χ4n) is 3.10. The van der Waals surface area contributed by atoms with Gasteiger partial charge in [-0.05, 0) is 45.4 Å². The van der Waals surface area contributed by atoms with E-state index in [1.165, 1.54) is 24.3 Å². The van der Waals surface area contributed by atoms with Crippen LogP contribution < -0.4 is 10.6 Å². The minimum atomic E-state index is -1.48. The van der Waals surface area contributed by atoms with Crippen molar-refractivity contribution in [2.75, 3.05) is 32.9 Å². The van der Waals surface area contributed by atoms with Gasteiger partial charge in [-0.2, -0.15) is 0 Å². The molecule has 35 heavy (non-hydrogen) atoms. The number of benzene rings is 1. The van der Waals surface area contributed by atoms with Gasteiger partial charge < -0.3 is 40.3 Å². The molecule has 5 N–H and O–H groups in total. The molecule has 0 aromatic heterocycles. The van der Waals surface area contributed by atoms with Gasteiger partial charge in [0.2, 0.25) is 11.8 Å². The average Bonchev–Trinajstić information content (AvgIpc) is 2.75. The summed E-state index contributed by atoms with van der Waals surface area (Å²) in [5.41, 5.74) is -0.657. The highest BCUT2D eigenvalue weighted by atomic mass is 16.6. The fraction of sp³-hybridized carbons (Fsp3) is 0.565. The second-order valence-electron chi connectivity index (χ2n) is 8.48. The van der Waals surface area contributed by atoms with Crippen molar-refractivity contribution < 1.29 is 44.0 Å². The molecule has 0 aliphatic rings. The fourth-order valence-corrected chi connectivity index (χ4v) is 3.10. The molecule has 0 fully saturated rings. The first kappa shape index (κ1) is 29.7. The maximum absolute atomic E-state index is 13.3. The van der Waals surface area contributed by atoms with E-state index in [0.717, 1.165) is 4.90 Å². The molecule has 1 aromatic rings. The summed E-state index contributed by atoms with van der Waals surface area (Å²) >= 11 is 0.